The lowest BCUT2D eigenvalue weighted by Gasteiger charge is -2.34. The van der Waals surface area contributed by atoms with Gasteiger partial charge in [-0.1, -0.05) is 18.3 Å². The molecule has 0 bridgehead atoms. The van der Waals surface area contributed by atoms with E-state index in [1.165, 1.54) is 29.5 Å². The molecule has 5 rings (SSSR count). The number of sulfonamides is 1. The fraction of sp³-hybridized carbons (Fsp3) is 0.462. The molecule has 1 amide bonds. The Bertz CT molecular complexity index is 1450. The maximum atomic E-state index is 12.9. The zero-order valence-electron chi connectivity index (χ0n) is 21.8. The summed E-state index contributed by atoms with van der Waals surface area (Å²) in [7, 11) is -3.55. The van der Waals surface area contributed by atoms with Gasteiger partial charge in [0.1, 0.15) is 0 Å². The molecule has 2 aliphatic rings. The number of thiazole rings is 1. The van der Waals surface area contributed by atoms with Gasteiger partial charge in [0.05, 0.1) is 20.0 Å². The van der Waals surface area contributed by atoms with E-state index < -0.39 is 14.9 Å². The first-order chi connectivity index (χ1) is 18.7. The van der Waals surface area contributed by atoms with Crippen molar-refractivity contribution in [3.05, 3.63) is 58.1 Å². The number of nitro benzene ring substituents is 1. The van der Waals surface area contributed by atoms with E-state index in [-0.39, 0.29) is 16.5 Å². The number of hydrogen-bond acceptors (Lipinski definition) is 9. The fourth-order valence-corrected chi connectivity index (χ4v) is 7.68. The van der Waals surface area contributed by atoms with Crippen LogP contribution in [-0.4, -0.2) is 85.8 Å². The van der Waals surface area contributed by atoms with Crippen LogP contribution in [0.25, 0.3) is 10.2 Å². The molecule has 3 aromatic rings. The summed E-state index contributed by atoms with van der Waals surface area (Å²) < 4.78 is 28.2. The van der Waals surface area contributed by atoms with Gasteiger partial charge in [-0.3, -0.25) is 19.8 Å². The molecule has 2 aliphatic heterocycles. The van der Waals surface area contributed by atoms with Crippen LogP contribution in [0.4, 0.5) is 10.8 Å². The van der Waals surface area contributed by atoms with Crippen LogP contribution in [0.3, 0.4) is 0 Å². The fourth-order valence-electron chi connectivity index (χ4n) is 5.03. The van der Waals surface area contributed by atoms with E-state index in [0.717, 1.165) is 54.4 Å². The Labute approximate surface area is 231 Å². The first-order valence-electron chi connectivity index (χ1n) is 13.1. The number of piperazine rings is 1. The molecule has 3 heterocycles. The molecule has 208 valence electrons. The summed E-state index contributed by atoms with van der Waals surface area (Å²) in [5.41, 5.74) is 1.26. The molecule has 1 unspecified atom stereocenters. The summed E-state index contributed by atoms with van der Waals surface area (Å²) in [6.45, 7) is 7.50. The van der Waals surface area contributed by atoms with E-state index in [1.54, 1.807) is 28.6 Å². The van der Waals surface area contributed by atoms with Gasteiger partial charge in [-0.15, -0.1) is 0 Å². The summed E-state index contributed by atoms with van der Waals surface area (Å²) in [6, 6.07) is 10.9. The molecule has 0 spiro atoms. The summed E-state index contributed by atoms with van der Waals surface area (Å²) >= 11 is 1.46. The predicted molar refractivity (Wildman–Crippen MR) is 151 cm³/mol. The van der Waals surface area contributed by atoms with Crippen molar-refractivity contribution in [2.75, 3.05) is 57.3 Å². The molecular formula is C26H32N6O5S2. The van der Waals surface area contributed by atoms with E-state index in [9.17, 15) is 23.3 Å². The summed E-state index contributed by atoms with van der Waals surface area (Å²) in [5.74, 6) is 0.119. The highest BCUT2D eigenvalue weighted by molar-refractivity contribution is 7.89. The van der Waals surface area contributed by atoms with Gasteiger partial charge in [-0.25, -0.2) is 13.4 Å². The quantitative estimate of drug-likeness (QED) is 0.322. The van der Waals surface area contributed by atoms with Gasteiger partial charge < -0.3 is 10.2 Å². The molecule has 11 nitrogen and oxygen atoms in total. The number of carbonyl (C=O) groups excluding carboxylic acids is 1. The van der Waals surface area contributed by atoms with E-state index >= 15 is 0 Å². The number of aromatic nitrogens is 1. The maximum Gasteiger partial charge on any atom is 0.270 e. The van der Waals surface area contributed by atoms with Crippen LogP contribution in [0.1, 0.15) is 30.1 Å². The lowest BCUT2D eigenvalue weighted by Crippen LogP contribution is -2.48. The van der Waals surface area contributed by atoms with Crippen LogP contribution < -0.4 is 10.2 Å². The van der Waals surface area contributed by atoms with Gasteiger partial charge in [-0.05, 0) is 49.1 Å². The molecule has 0 aliphatic carbocycles. The SMILES string of the molecule is CC1CCCN(S(=O)(=O)c2ccc(C(=O)NCCN3CCN(c4nc5ccc([N+](=O)[O-])cc5s4)CC3)cc2)C1. The average Bonchev–Trinajstić information content (AvgIpc) is 3.37. The van der Waals surface area contributed by atoms with Crippen molar-refractivity contribution in [2.45, 2.75) is 24.7 Å². The third kappa shape index (κ3) is 6.21. The summed E-state index contributed by atoms with van der Waals surface area (Å²) in [4.78, 5) is 32.6. The molecule has 0 saturated carbocycles. The first kappa shape index (κ1) is 27.4. The maximum absolute atomic E-state index is 12.9. The highest BCUT2D eigenvalue weighted by Crippen LogP contribution is 2.32. The van der Waals surface area contributed by atoms with Crippen LogP contribution in [0.2, 0.25) is 0 Å². The smallest absolute Gasteiger partial charge is 0.270 e. The second-order valence-electron chi connectivity index (χ2n) is 10.1. The first-order valence-corrected chi connectivity index (χ1v) is 15.4. The molecule has 1 aromatic heterocycles. The number of non-ortho nitro benzene ring substituents is 1. The molecule has 2 aromatic carbocycles. The number of nitrogens with one attached hydrogen (secondary N) is 1. The molecule has 1 N–H and O–H groups in total. The highest BCUT2D eigenvalue weighted by Gasteiger charge is 2.28. The van der Waals surface area contributed by atoms with E-state index in [0.29, 0.717) is 37.7 Å². The Balaban J connectivity index is 1.08. The molecule has 2 fully saturated rings. The van der Waals surface area contributed by atoms with Gasteiger partial charge in [0, 0.05) is 70.1 Å². The van der Waals surface area contributed by atoms with E-state index in [2.05, 4.69) is 27.0 Å². The third-order valence-corrected chi connectivity index (χ3v) is 10.3. The molecule has 39 heavy (non-hydrogen) atoms. The number of anilines is 1. The minimum absolute atomic E-state index is 0.0673. The van der Waals surface area contributed by atoms with Crippen molar-refractivity contribution < 1.29 is 18.1 Å². The van der Waals surface area contributed by atoms with Crippen molar-refractivity contribution in [1.29, 1.82) is 0 Å². The molecule has 13 heteroatoms. The second kappa shape index (κ2) is 11.5. The Morgan fingerprint density at radius 1 is 1.13 bits per heavy atom. The van der Waals surface area contributed by atoms with Crippen LogP contribution in [0.5, 0.6) is 0 Å². The Morgan fingerprint density at radius 2 is 1.87 bits per heavy atom. The van der Waals surface area contributed by atoms with Crippen LogP contribution in [0, 0.1) is 16.0 Å². The van der Waals surface area contributed by atoms with Crippen molar-refractivity contribution in [2.24, 2.45) is 5.92 Å². The van der Waals surface area contributed by atoms with E-state index in [4.69, 9.17) is 0 Å². The minimum atomic E-state index is -3.55. The average molecular weight is 573 g/mol. The normalized spacial score (nSPS) is 19.3. The molecule has 1 atom stereocenters. The number of benzene rings is 2. The van der Waals surface area contributed by atoms with Gasteiger partial charge in [0.2, 0.25) is 10.0 Å². The minimum Gasteiger partial charge on any atom is -0.351 e. The zero-order valence-corrected chi connectivity index (χ0v) is 23.4. The monoisotopic (exact) mass is 572 g/mol. The van der Waals surface area contributed by atoms with Crippen molar-refractivity contribution >= 4 is 48.3 Å². The van der Waals surface area contributed by atoms with Crippen molar-refractivity contribution in [3.63, 3.8) is 0 Å². The van der Waals surface area contributed by atoms with E-state index in [1.807, 2.05) is 0 Å². The van der Waals surface area contributed by atoms with Crippen molar-refractivity contribution in [1.82, 2.24) is 19.5 Å². The van der Waals surface area contributed by atoms with Crippen LogP contribution in [0.15, 0.2) is 47.4 Å². The number of fused-ring (bicyclic) bond motifs is 1. The van der Waals surface area contributed by atoms with Gasteiger partial charge >= 0.3 is 0 Å². The highest BCUT2D eigenvalue weighted by atomic mass is 32.2. The van der Waals surface area contributed by atoms with Gasteiger partial charge in [-0.2, -0.15) is 4.31 Å². The molecular weight excluding hydrogens is 540 g/mol. The number of piperidine rings is 1. The van der Waals surface area contributed by atoms with Gasteiger partial charge in [0.15, 0.2) is 5.13 Å². The zero-order chi connectivity index (χ0) is 27.6. The number of carbonyl (C=O) groups is 1. The standard InChI is InChI=1S/C26H32N6O5S2/c1-19-3-2-11-31(18-19)39(36,37)22-7-4-20(5-8-22)25(33)27-10-12-29-13-15-30(16-14-29)26-28-23-9-6-21(32(34)35)17-24(23)38-26/h4-9,17,19H,2-3,10-16,18H2,1H3,(H,27,33). The largest absolute Gasteiger partial charge is 0.351 e. The number of amides is 1. The number of nitro groups is 1. The van der Waals surface area contributed by atoms with Crippen molar-refractivity contribution in [3.8, 4) is 0 Å². The second-order valence-corrected chi connectivity index (χ2v) is 13.1. The number of hydrogen-bond donors (Lipinski definition) is 1. The Kier molecular flexibility index (Phi) is 8.12. The van der Waals surface area contributed by atoms with Crippen LogP contribution in [-0.2, 0) is 10.0 Å². The number of nitrogens with zero attached hydrogens (tertiary/aromatic N) is 5. The lowest BCUT2D eigenvalue weighted by molar-refractivity contribution is -0.384. The predicted octanol–water partition coefficient (Wildman–Crippen LogP) is 3.18. The van der Waals surface area contributed by atoms with Crippen LogP contribution >= 0.6 is 11.3 Å². The lowest BCUT2D eigenvalue weighted by atomic mass is 10.0. The molecule has 2 saturated heterocycles. The van der Waals surface area contributed by atoms with Gasteiger partial charge in [0.25, 0.3) is 11.6 Å². The Hall–Kier alpha value is -3.13. The topological polar surface area (TPSA) is 129 Å². The Morgan fingerprint density at radius 3 is 2.56 bits per heavy atom. The summed E-state index contributed by atoms with van der Waals surface area (Å²) in [5, 5.41) is 14.8. The summed E-state index contributed by atoms with van der Waals surface area (Å²) in [6.07, 6.45) is 1.91. The molecule has 0 radical (unpaired) electrons. The third-order valence-electron chi connectivity index (χ3n) is 7.30. The number of rotatable bonds is 8.